The van der Waals surface area contributed by atoms with Gasteiger partial charge in [0.15, 0.2) is 5.78 Å². The van der Waals surface area contributed by atoms with Crippen molar-refractivity contribution >= 4 is 15.8 Å². The number of pyridine rings is 1. The highest BCUT2D eigenvalue weighted by Crippen LogP contribution is 2.12. The van der Waals surface area contributed by atoms with Crippen LogP contribution in [-0.2, 0) is 16.6 Å². The number of nitrogens with zero attached hydrogens (tertiary/aromatic N) is 1. The average Bonchev–Trinajstić information content (AvgIpc) is 2.57. The van der Waals surface area contributed by atoms with Crippen LogP contribution in [-0.4, -0.2) is 32.4 Å². The second-order valence-corrected chi connectivity index (χ2v) is 7.28. The molecule has 0 bridgehead atoms. The van der Waals surface area contributed by atoms with Crippen LogP contribution in [0.15, 0.2) is 46.1 Å². The summed E-state index contributed by atoms with van der Waals surface area (Å²) in [6.07, 6.45) is 0. The van der Waals surface area contributed by atoms with Gasteiger partial charge in [-0.1, -0.05) is 12.1 Å². The molecule has 1 aromatic carbocycles. The van der Waals surface area contributed by atoms with Crippen LogP contribution in [0.5, 0.6) is 5.75 Å². The first-order chi connectivity index (χ1) is 11.7. The van der Waals surface area contributed by atoms with Crippen molar-refractivity contribution in [2.24, 2.45) is 0 Å². The van der Waals surface area contributed by atoms with Crippen LogP contribution in [0, 0.1) is 6.92 Å². The van der Waals surface area contributed by atoms with Crippen molar-refractivity contribution in [1.29, 1.82) is 0 Å². The van der Waals surface area contributed by atoms with Crippen LogP contribution in [0.2, 0.25) is 0 Å². The molecule has 25 heavy (non-hydrogen) atoms. The highest BCUT2D eigenvalue weighted by Gasteiger charge is 2.15. The standard InChI is InChI=1S/C17H20N2O5S/c1-12-9-15(24-3)11-17(21)19(12)8-7-18-25(22,23)16-6-4-5-14(10-16)13(2)20/h4-6,9-11,18H,7-8H2,1-3H3. The van der Waals surface area contributed by atoms with Gasteiger partial charge in [-0.05, 0) is 32.0 Å². The van der Waals surface area contributed by atoms with Crippen molar-refractivity contribution < 1.29 is 17.9 Å². The van der Waals surface area contributed by atoms with Crippen LogP contribution in [0.4, 0.5) is 0 Å². The summed E-state index contributed by atoms with van der Waals surface area (Å²) in [6.45, 7) is 3.34. The van der Waals surface area contributed by atoms with Gasteiger partial charge in [0.25, 0.3) is 5.56 Å². The number of nitrogens with one attached hydrogen (secondary N) is 1. The molecule has 134 valence electrons. The quantitative estimate of drug-likeness (QED) is 0.749. The molecule has 0 saturated heterocycles. The van der Waals surface area contributed by atoms with Gasteiger partial charge in [0.2, 0.25) is 10.0 Å². The lowest BCUT2D eigenvalue weighted by atomic mass is 10.2. The Kier molecular flexibility index (Phi) is 5.76. The van der Waals surface area contributed by atoms with Gasteiger partial charge >= 0.3 is 0 Å². The minimum Gasteiger partial charge on any atom is -0.496 e. The monoisotopic (exact) mass is 364 g/mol. The molecule has 2 aromatic rings. The zero-order valence-electron chi connectivity index (χ0n) is 14.3. The molecule has 2 rings (SSSR count). The van der Waals surface area contributed by atoms with E-state index >= 15 is 0 Å². The number of aryl methyl sites for hydroxylation is 1. The Hall–Kier alpha value is -2.45. The van der Waals surface area contributed by atoms with Crippen LogP contribution in [0.25, 0.3) is 0 Å². The molecule has 8 heteroatoms. The molecule has 1 aromatic heterocycles. The van der Waals surface area contributed by atoms with E-state index in [0.717, 1.165) is 0 Å². The average molecular weight is 364 g/mol. The second kappa shape index (κ2) is 7.62. The molecule has 0 aliphatic carbocycles. The van der Waals surface area contributed by atoms with E-state index in [2.05, 4.69) is 4.72 Å². The lowest BCUT2D eigenvalue weighted by molar-refractivity contribution is 0.101. The second-order valence-electron chi connectivity index (χ2n) is 5.51. The predicted octanol–water partition coefficient (Wildman–Crippen LogP) is 1.35. The summed E-state index contributed by atoms with van der Waals surface area (Å²) in [7, 11) is -2.29. The molecule has 0 fully saturated rings. The van der Waals surface area contributed by atoms with E-state index in [1.54, 1.807) is 19.1 Å². The first-order valence-electron chi connectivity index (χ1n) is 7.61. The first-order valence-corrected chi connectivity index (χ1v) is 9.09. The molecule has 7 nitrogen and oxygen atoms in total. The predicted molar refractivity (Wildman–Crippen MR) is 93.6 cm³/mol. The Bertz CT molecular complexity index is 948. The van der Waals surface area contributed by atoms with Crippen molar-refractivity contribution in [2.45, 2.75) is 25.3 Å². The van der Waals surface area contributed by atoms with E-state index in [4.69, 9.17) is 4.74 Å². The SMILES string of the molecule is COc1cc(C)n(CCNS(=O)(=O)c2cccc(C(C)=O)c2)c(=O)c1. The third-order valence-electron chi connectivity index (χ3n) is 3.72. The lowest BCUT2D eigenvalue weighted by Gasteiger charge is -2.12. The largest absolute Gasteiger partial charge is 0.496 e. The van der Waals surface area contributed by atoms with Crippen molar-refractivity contribution in [1.82, 2.24) is 9.29 Å². The van der Waals surface area contributed by atoms with E-state index in [-0.39, 0.29) is 29.3 Å². The molecule has 0 aliphatic heterocycles. The van der Waals surface area contributed by atoms with Crippen molar-refractivity contribution in [3.63, 3.8) is 0 Å². The van der Waals surface area contributed by atoms with Crippen LogP contribution in [0.1, 0.15) is 23.0 Å². The highest BCUT2D eigenvalue weighted by atomic mass is 32.2. The van der Waals surface area contributed by atoms with Crippen LogP contribution >= 0.6 is 0 Å². The van der Waals surface area contributed by atoms with Gasteiger partial charge in [-0.25, -0.2) is 13.1 Å². The van der Waals surface area contributed by atoms with Gasteiger partial charge in [-0.3, -0.25) is 9.59 Å². The minimum atomic E-state index is -3.77. The summed E-state index contributed by atoms with van der Waals surface area (Å²) in [5.74, 6) is 0.248. The zero-order chi connectivity index (χ0) is 18.6. The summed E-state index contributed by atoms with van der Waals surface area (Å²) in [5, 5.41) is 0. The fourth-order valence-corrected chi connectivity index (χ4v) is 3.43. The topological polar surface area (TPSA) is 94.5 Å². The molecular weight excluding hydrogens is 344 g/mol. The van der Waals surface area contributed by atoms with Gasteiger partial charge in [-0.15, -0.1) is 0 Å². The maximum Gasteiger partial charge on any atom is 0.254 e. The molecule has 0 unspecified atom stereocenters. The molecule has 0 spiro atoms. The van der Waals surface area contributed by atoms with E-state index in [9.17, 15) is 18.0 Å². The number of carbonyl (C=O) groups excluding carboxylic acids is 1. The number of hydrogen-bond acceptors (Lipinski definition) is 5. The van der Waals surface area contributed by atoms with E-state index in [1.165, 1.54) is 42.9 Å². The van der Waals surface area contributed by atoms with Crippen LogP contribution < -0.4 is 15.0 Å². The highest BCUT2D eigenvalue weighted by molar-refractivity contribution is 7.89. The molecule has 0 aliphatic rings. The normalized spacial score (nSPS) is 11.3. The number of sulfonamides is 1. The number of methoxy groups -OCH3 is 1. The third-order valence-corrected chi connectivity index (χ3v) is 5.18. The number of ether oxygens (including phenoxy) is 1. The van der Waals surface area contributed by atoms with E-state index in [1.807, 2.05) is 0 Å². The van der Waals surface area contributed by atoms with Gasteiger partial charge in [0.05, 0.1) is 12.0 Å². The van der Waals surface area contributed by atoms with Crippen molar-refractivity contribution in [2.75, 3.05) is 13.7 Å². The summed E-state index contributed by atoms with van der Waals surface area (Å²) in [4.78, 5) is 23.4. The molecule has 0 amide bonds. The Balaban J connectivity index is 2.12. The fourth-order valence-electron chi connectivity index (χ4n) is 2.36. The summed E-state index contributed by atoms with van der Waals surface area (Å²) in [5.41, 5.74) is 0.724. The summed E-state index contributed by atoms with van der Waals surface area (Å²) < 4.78 is 33.6. The number of aromatic nitrogens is 1. The van der Waals surface area contributed by atoms with Gasteiger partial charge in [0.1, 0.15) is 5.75 Å². The molecule has 0 saturated carbocycles. The smallest absolute Gasteiger partial charge is 0.254 e. The lowest BCUT2D eigenvalue weighted by Crippen LogP contribution is -2.31. The minimum absolute atomic E-state index is 0.0130. The molecule has 1 N–H and O–H groups in total. The Morgan fingerprint density at radius 1 is 1.24 bits per heavy atom. The fraction of sp³-hybridized carbons (Fsp3) is 0.294. The van der Waals surface area contributed by atoms with Crippen molar-refractivity contribution in [3.8, 4) is 5.75 Å². The molecule has 0 radical (unpaired) electrons. The number of carbonyl (C=O) groups is 1. The van der Waals surface area contributed by atoms with Crippen LogP contribution in [0.3, 0.4) is 0 Å². The Morgan fingerprint density at radius 3 is 2.56 bits per heavy atom. The van der Waals surface area contributed by atoms with E-state index in [0.29, 0.717) is 17.0 Å². The number of rotatable bonds is 7. The number of hydrogen-bond donors (Lipinski definition) is 1. The Labute approximate surface area is 146 Å². The van der Waals surface area contributed by atoms with Gasteiger partial charge in [-0.2, -0.15) is 0 Å². The van der Waals surface area contributed by atoms with E-state index < -0.39 is 10.0 Å². The summed E-state index contributed by atoms with van der Waals surface area (Å²) >= 11 is 0. The first kappa shape index (κ1) is 18.9. The van der Waals surface area contributed by atoms with Gasteiger partial charge in [0, 0.05) is 30.4 Å². The van der Waals surface area contributed by atoms with Crippen molar-refractivity contribution in [3.05, 3.63) is 58.0 Å². The number of benzene rings is 1. The molecule has 1 heterocycles. The van der Waals surface area contributed by atoms with Gasteiger partial charge < -0.3 is 9.30 Å². The number of ketones is 1. The Morgan fingerprint density at radius 2 is 1.96 bits per heavy atom. The maximum atomic E-state index is 12.3. The summed E-state index contributed by atoms with van der Waals surface area (Å²) in [6, 6.07) is 8.87. The molecule has 0 atom stereocenters. The molecular formula is C17H20N2O5S. The third kappa shape index (κ3) is 4.55. The zero-order valence-corrected chi connectivity index (χ0v) is 15.1. The maximum absolute atomic E-state index is 12.3. The number of Topliss-reactive ketones (excluding diaryl/α,β-unsaturated/α-hetero) is 1.